The van der Waals surface area contributed by atoms with Crippen LogP contribution in [0, 0.1) is 23.0 Å². The van der Waals surface area contributed by atoms with Crippen LogP contribution in [0.4, 0.5) is 11.6 Å². The summed E-state index contributed by atoms with van der Waals surface area (Å²) >= 11 is 0. The van der Waals surface area contributed by atoms with Gasteiger partial charge in [0.2, 0.25) is 11.6 Å². The summed E-state index contributed by atoms with van der Waals surface area (Å²) in [4.78, 5) is 16.4. The monoisotopic (exact) mass is 254 g/mol. The number of imidazole rings is 1. The molecule has 0 bridgehead atoms. The molecule has 1 aliphatic rings. The zero-order valence-electron chi connectivity index (χ0n) is 10.8. The topological polar surface area (TPSA) is 84.4 Å². The number of rotatable bonds is 2. The van der Waals surface area contributed by atoms with Gasteiger partial charge in [-0.3, -0.25) is 4.57 Å². The summed E-state index contributed by atoms with van der Waals surface area (Å²) < 4.78 is 1.71. The second-order valence-corrected chi connectivity index (χ2v) is 4.90. The summed E-state index contributed by atoms with van der Waals surface area (Å²) in [7, 11) is 1.76. The number of aryl methyl sites for hydroxylation is 1. The maximum absolute atomic E-state index is 11.0. The van der Waals surface area contributed by atoms with E-state index in [-0.39, 0.29) is 11.7 Å². The first kappa shape index (κ1) is 12.8. The molecule has 18 heavy (non-hydrogen) atoms. The number of aromatic nitrogens is 2. The molecule has 1 aromatic heterocycles. The SMILES string of the molecule is Cc1nc([N+](=O)[O-])c(N2CCC(C)C(O)C2)n1C. The average molecular weight is 254 g/mol. The molecule has 7 heteroatoms. The number of β-amino-alcohol motifs (C(OH)–C–C–N with tert-alkyl or cyclic N) is 1. The van der Waals surface area contributed by atoms with Crippen molar-refractivity contribution in [2.45, 2.75) is 26.4 Å². The average Bonchev–Trinajstić information content (AvgIpc) is 2.60. The van der Waals surface area contributed by atoms with Gasteiger partial charge in [-0.25, -0.2) is 0 Å². The molecule has 0 aliphatic carbocycles. The second-order valence-electron chi connectivity index (χ2n) is 4.90. The van der Waals surface area contributed by atoms with Crippen LogP contribution in [0.25, 0.3) is 0 Å². The Bertz CT molecular complexity index is 471. The van der Waals surface area contributed by atoms with Crippen molar-refractivity contribution in [2.24, 2.45) is 13.0 Å². The van der Waals surface area contributed by atoms with Crippen LogP contribution >= 0.6 is 0 Å². The van der Waals surface area contributed by atoms with Gasteiger partial charge in [0.1, 0.15) is 0 Å². The quantitative estimate of drug-likeness (QED) is 0.624. The summed E-state index contributed by atoms with van der Waals surface area (Å²) in [5, 5.41) is 20.9. The van der Waals surface area contributed by atoms with Gasteiger partial charge in [-0.1, -0.05) is 6.92 Å². The predicted molar refractivity (Wildman–Crippen MR) is 66.6 cm³/mol. The highest BCUT2D eigenvalue weighted by atomic mass is 16.6. The van der Waals surface area contributed by atoms with Crippen molar-refractivity contribution < 1.29 is 10.0 Å². The van der Waals surface area contributed by atoms with E-state index >= 15 is 0 Å². The van der Waals surface area contributed by atoms with E-state index in [2.05, 4.69) is 4.98 Å². The van der Waals surface area contributed by atoms with Crippen LogP contribution in [0.5, 0.6) is 0 Å². The van der Waals surface area contributed by atoms with E-state index in [1.54, 1.807) is 18.5 Å². The third-order valence-corrected chi connectivity index (χ3v) is 3.66. The number of hydrogen-bond acceptors (Lipinski definition) is 5. The lowest BCUT2D eigenvalue weighted by Gasteiger charge is -2.34. The molecule has 2 heterocycles. The molecule has 2 unspecified atom stereocenters. The molecular weight excluding hydrogens is 236 g/mol. The summed E-state index contributed by atoms with van der Waals surface area (Å²) in [5.74, 6) is 1.19. The molecule has 0 spiro atoms. The highest BCUT2D eigenvalue weighted by Gasteiger charge is 2.33. The van der Waals surface area contributed by atoms with Gasteiger partial charge < -0.3 is 20.1 Å². The molecule has 7 nitrogen and oxygen atoms in total. The molecule has 2 rings (SSSR count). The minimum absolute atomic E-state index is 0.128. The van der Waals surface area contributed by atoms with E-state index in [4.69, 9.17) is 0 Å². The number of nitrogens with zero attached hydrogens (tertiary/aromatic N) is 4. The number of hydrogen-bond donors (Lipinski definition) is 1. The number of piperidine rings is 1. The lowest BCUT2D eigenvalue weighted by molar-refractivity contribution is -0.388. The smallest absolute Gasteiger partial charge is 0.391 e. The molecule has 0 radical (unpaired) electrons. The maximum Gasteiger partial charge on any atom is 0.406 e. The fourth-order valence-electron chi connectivity index (χ4n) is 2.30. The van der Waals surface area contributed by atoms with Gasteiger partial charge >= 0.3 is 5.82 Å². The Morgan fingerprint density at radius 3 is 2.78 bits per heavy atom. The van der Waals surface area contributed by atoms with E-state index in [0.29, 0.717) is 24.7 Å². The summed E-state index contributed by atoms with van der Waals surface area (Å²) in [5.41, 5.74) is 0. The third-order valence-electron chi connectivity index (χ3n) is 3.66. The Balaban J connectivity index is 2.36. The largest absolute Gasteiger partial charge is 0.406 e. The molecule has 2 atom stereocenters. The van der Waals surface area contributed by atoms with Crippen molar-refractivity contribution in [1.82, 2.24) is 9.55 Å². The normalized spacial score (nSPS) is 24.3. The van der Waals surface area contributed by atoms with Crippen LogP contribution in [-0.2, 0) is 7.05 Å². The number of aliphatic hydroxyl groups excluding tert-OH is 1. The highest BCUT2D eigenvalue weighted by Crippen LogP contribution is 2.31. The van der Waals surface area contributed by atoms with Gasteiger partial charge in [-0.15, -0.1) is 0 Å². The molecule has 100 valence electrons. The van der Waals surface area contributed by atoms with Crippen LogP contribution in [0.15, 0.2) is 0 Å². The first-order valence-electron chi connectivity index (χ1n) is 6.02. The standard InChI is InChI=1S/C11H18N4O3/c1-7-4-5-14(6-9(7)16)11-10(15(17)18)12-8(2)13(11)3/h7,9,16H,4-6H2,1-3H3. The summed E-state index contributed by atoms with van der Waals surface area (Å²) in [6.07, 6.45) is 0.372. The Hall–Kier alpha value is -1.63. The lowest BCUT2D eigenvalue weighted by Crippen LogP contribution is -2.43. The molecule has 1 aromatic rings. The minimum atomic E-state index is -0.466. The van der Waals surface area contributed by atoms with E-state index in [0.717, 1.165) is 6.42 Å². The van der Waals surface area contributed by atoms with E-state index in [1.165, 1.54) is 0 Å². The predicted octanol–water partition coefficient (Wildman–Crippen LogP) is 0.844. The Labute approximate surface area is 105 Å². The third kappa shape index (κ3) is 2.05. The summed E-state index contributed by atoms with van der Waals surface area (Å²) in [6.45, 7) is 4.85. The van der Waals surface area contributed by atoms with Gasteiger partial charge in [0.15, 0.2) is 0 Å². The Kier molecular flexibility index (Phi) is 3.25. The van der Waals surface area contributed by atoms with Gasteiger partial charge in [0.25, 0.3) is 0 Å². The van der Waals surface area contributed by atoms with Crippen molar-refractivity contribution in [3.63, 3.8) is 0 Å². The van der Waals surface area contributed by atoms with E-state index < -0.39 is 11.0 Å². The van der Waals surface area contributed by atoms with Crippen molar-refractivity contribution in [3.8, 4) is 0 Å². The van der Waals surface area contributed by atoms with Crippen LogP contribution in [-0.4, -0.2) is 38.8 Å². The minimum Gasteiger partial charge on any atom is -0.391 e. The molecule has 0 aromatic carbocycles. The van der Waals surface area contributed by atoms with Crippen molar-refractivity contribution in [3.05, 3.63) is 15.9 Å². The van der Waals surface area contributed by atoms with Gasteiger partial charge in [0.05, 0.1) is 6.10 Å². The molecule has 1 N–H and O–H groups in total. The first-order valence-corrected chi connectivity index (χ1v) is 6.02. The first-order chi connectivity index (χ1) is 8.41. The van der Waals surface area contributed by atoms with Crippen molar-refractivity contribution in [1.29, 1.82) is 0 Å². The van der Waals surface area contributed by atoms with Crippen LogP contribution < -0.4 is 4.90 Å². The number of anilines is 1. The van der Waals surface area contributed by atoms with Gasteiger partial charge in [0, 0.05) is 27.1 Å². The van der Waals surface area contributed by atoms with Gasteiger partial charge in [-0.05, 0) is 22.2 Å². The van der Waals surface area contributed by atoms with E-state index in [9.17, 15) is 15.2 Å². The molecule has 0 amide bonds. The van der Waals surface area contributed by atoms with Gasteiger partial charge in [-0.2, -0.15) is 0 Å². The molecular formula is C11H18N4O3. The highest BCUT2D eigenvalue weighted by molar-refractivity contribution is 5.56. The second kappa shape index (κ2) is 4.56. The fourth-order valence-corrected chi connectivity index (χ4v) is 2.30. The maximum atomic E-state index is 11.0. The van der Waals surface area contributed by atoms with Crippen LogP contribution in [0.1, 0.15) is 19.2 Å². The lowest BCUT2D eigenvalue weighted by atomic mass is 9.96. The van der Waals surface area contributed by atoms with Crippen molar-refractivity contribution in [2.75, 3.05) is 18.0 Å². The molecule has 1 fully saturated rings. The van der Waals surface area contributed by atoms with E-state index in [1.807, 2.05) is 11.8 Å². The Morgan fingerprint density at radius 1 is 1.56 bits per heavy atom. The molecule has 1 aliphatic heterocycles. The number of nitro groups is 1. The Morgan fingerprint density at radius 2 is 2.22 bits per heavy atom. The van der Waals surface area contributed by atoms with Crippen molar-refractivity contribution >= 4 is 11.6 Å². The zero-order valence-corrected chi connectivity index (χ0v) is 10.8. The number of aliphatic hydroxyl groups is 1. The molecule has 1 saturated heterocycles. The van der Waals surface area contributed by atoms with Crippen LogP contribution in [0.3, 0.4) is 0 Å². The zero-order chi connectivity index (χ0) is 13.4. The molecule has 0 saturated carbocycles. The van der Waals surface area contributed by atoms with Crippen LogP contribution in [0.2, 0.25) is 0 Å². The fraction of sp³-hybridized carbons (Fsp3) is 0.727. The summed E-state index contributed by atoms with van der Waals surface area (Å²) in [6, 6.07) is 0.